The maximum absolute atomic E-state index is 9.55. The summed E-state index contributed by atoms with van der Waals surface area (Å²) in [5.74, 6) is 0. The molecule has 12 heavy (non-hydrogen) atoms. The zero-order valence-corrected chi connectivity index (χ0v) is 7.84. The van der Waals surface area contributed by atoms with Crippen LogP contribution in [-0.2, 0) is 0 Å². The summed E-state index contributed by atoms with van der Waals surface area (Å²) >= 11 is 1.24. The molecule has 0 radical (unpaired) electrons. The SMILES string of the molecule is C=C(C)CCC(O)c1cnns1. The zero-order chi connectivity index (χ0) is 8.97. The van der Waals surface area contributed by atoms with Crippen LogP contribution >= 0.6 is 11.5 Å². The van der Waals surface area contributed by atoms with Crippen LogP contribution in [0.5, 0.6) is 0 Å². The minimum Gasteiger partial charge on any atom is -0.387 e. The molecule has 3 nitrogen and oxygen atoms in total. The van der Waals surface area contributed by atoms with E-state index in [0.717, 1.165) is 16.9 Å². The first-order valence-corrected chi connectivity index (χ1v) is 4.57. The number of aliphatic hydroxyl groups excluding tert-OH is 1. The van der Waals surface area contributed by atoms with Gasteiger partial charge in [0.2, 0.25) is 0 Å². The molecule has 1 aromatic heterocycles. The molecule has 0 aliphatic heterocycles. The number of aromatic nitrogens is 2. The van der Waals surface area contributed by atoms with Crippen LogP contribution in [0.1, 0.15) is 30.7 Å². The Kier molecular flexibility index (Phi) is 3.37. The highest BCUT2D eigenvalue weighted by Crippen LogP contribution is 2.21. The normalized spacial score (nSPS) is 12.8. The second kappa shape index (κ2) is 4.33. The first-order chi connectivity index (χ1) is 5.70. The lowest BCUT2D eigenvalue weighted by Gasteiger charge is -2.05. The zero-order valence-electron chi connectivity index (χ0n) is 7.03. The van der Waals surface area contributed by atoms with Crippen LogP contribution in [0.25, 0.3) is 0 Å². The third-order valence-electron chi connectivity index (χ3n) is 1.55. The van der Waals surface area contributed by atoms with E-state index in [9.17, 15) is 5.11 Å². The van der Waals surface area contributed by atoms with E-state index in [4.69, 9.17) is 0 Å². The molecule has 1 aromatic rings. The average molecular weight is 184 g/mol. The highest BCUT2D eigenvalue weighted by atomic mass is 32.1. The van der Waals surface area contributed by atoms with Crippen molar-refractivity contribution in [2.24, 2.45) is 0 Å². The largest absolute Gasteiger partial charge is 0.387 e. The monoisotopic (exact) mass is 184 g/mol. The minimum absolute atomic E-state index is 0.429. The van der Waals surface area contributed by atoms with Gasteiger partial charge in [0.05, 0.1) is 17.2 Å². The van der Waals surface area contributed by atoms with Crippen molar-refractivity contribution in [3.63, 3.8) is 0 Å². The van der Waals surface area contributed by atoms with Crippen molar-refractivity contribution in [1.82, 2.24) is 9.59 Å². The van der Waals surface area contributed by atoms with Gasteiger partial charge in [-0.2, -0.15) is 0 Å². The fourth-order valence-electron chi connectivity index (χ4n) is 0.847. The highest BCUT2D eigenvalue weighted by Gasteiger charge is 2.09. The van der Waals surface area contributed by atoms with Crippen molar-refractivity contribution in [3.05, 3.63) is 23.2 Å². The van der Waals surface area contributed by atoms with Gasteiger partial charge in [0.1, 0.15) is 0 Å². The van der Waals surface area contributed by atoms with Crippen molar-refractivity contribution < 1.29 is 5.11 Å². The van der Waals surface area contributed by atoms with Crippen LogP contribution in [-0.4, -0.2) is 14.7 Å². The van der Waals surface area contributed by atoms with Crippen molar-refractivity contribution in [3.8, 4) is 0 Å². The molecule has 1 atom stereocenters. The number of allylic oxidation sites excluding steroid dienone is 1. The van der Waals surface area contributed by atoms with Gasteiger partial charge in [-0.15, -0.1) is 11.7 Å². The molecule has 0 saturated carbocycles. The van der Waals surface area contributed by atoms with Gasteiger partial charge in [-0.05, 0) is 31.3 Å². The molecule has 66 valence electrons. The van der Waals surface area contributed by atoms with Crippen LogP contribution in [0.4, 0.5) is 0 Å². The van der Waals surface area contributed by atoms with Crippen molar-refractivity contribution in [2.45, 2.75) is 25.9 Å². The summed E-state index contributed by atoms with van der Waals surface area (Å²) in [7, 11) is 0. The van der Waals surface area contributed by atoms with Crippen LogP contribution in [0, 0.1) is 0 Å². The smallest absolute Gasteiger partial charge is 0.0917 e. The minimum atomic E-state index is -0.429. The highest BCUT2D eigenvalue weighted by molar-refractivity contribution is 7.05. The molecule has 1 N–H and O–H groups in total. The Bertz CT molecular complexity index is 246. The van der Waals surface area contributed by atoms with Gasteiger partial charge in [-0.1, -0.05) is 10.1 Å². The molecule has 1 heterocycles. The van der Waals surface area contributed by atoms with E-state index in [1.807, 2.05) is 6.92 Å². The van der Waals surface area contributed by atoms with Crippen molar-refractivity contribution in [2.75, 3.05) is 0 Å². The Morgan fingerprint density at radius 3 is 3.08 bits per heavy atom. The summed E-state index contributed by atoms with van der Waals surface area (Å²) in [4.78, 5) is 0.830. The Balaban J connectivity index is 2.39. The van der Waals surface area contributed by atoms with Crippen LogP contribution in [0.3, 0.4) is 0 Å². The van der Waals surface area contributed by atoms with Crippen LogP contribution < -0.4 is 0 Å². The maximum Gasteiger partial charge on any atom is 0.0917 e. The Hall–Kier alpha value is -0.740. The lowest BCUT2D eigenvalue weighted by molar-refractivity contribution is 0.171. The third kappa shape index (κ3) is 2.71. The number of nitrogens with zero attached hydrogens (tertiary/aromatic N) is 2. The predicted octanol–water partition coefficient (Wildman–Crippen LogP) is 1.93. The van der Waals surface area contributed by atoms with Gasteiger partial charge >= 0.3 is 0 Å². The second-order valence-electron chi connectivity index (χ2n) is 2.83. The molecule has 0 aliphatic carbocycles. The van der Waals surface area contributed by atoms with E-state index < -0.39 is 6.10 Å². The van der Waals surface area contributed by atoms with E-state index in [1.165, 1.54) is 11.5 Å². The predicted molar refractivity (Wildman–Crippen MR) is 48.9 cm³/mol. The molecule has 1 unspecified atom stereocenters. The van der Waals surface area contributed by atoms with Gasteiger partial charge in [-0.3, -0.25) is 0 Å². The number of hydrogen-bond donors (Lipinski definition) is 1. The summed E-state index contributed by atoms with van der Waals surface area (Å²) in [5, 5.41) is 13.2. The number of aliphatic hydroxyl groups is 1. The summed E-state index contributed by atoms with van der Waals surface area (Å²) in [6.45, 7) is 5.73. The molecule has 0 aliphatic rings. The molecule has 4 heteroatoms. The first kappa shape index (κ1) is 9.35. The average Bonchev–Trinajstić information content (AvgIpc) is 2.51. The summed E-state index contributed by atoms with van der Waals surface area (Å²) in [5.41, 5.74) is 1.09. The number of rotatable bonds is 4. The summed E-state index contributed by atoms with van der Waals surface area (Å²) in [6, 6.07) is 0. The van der Waals surface area contributed by atoms with Crippen molar-refractivity contribution >= 4 is 11.5 Å². The Labute approximate surface area is 75.9 Å². The van der Waals surface area contributed by atoms with Crippen molar-refractivity contribution in [1.29, 1.82) is 0 Å². The third-order valence-corrected chi connectivity index (χ3v) is 2.32. The standard InChI is InChI=1S/C8H12N2OS/c1-6(2)3-4-7(11)8-5-9-10-12-8/h5,7,11H,1,3-4H2,2H3. The van der Waals surface area contributed by atoms with Gasteiger partial charge in [0, 0.05) is 0 Å². The van der Waals surface area contributed by atoms with Gasteiger partial charge in [0.25, 0.3) is 0 Å². The van der Waals surface area contributed by atoms with Crippen LogP contribution in [0.15, 0.2) is 18.3 Å². The maximum atomic E-state index is 9.55. The molecular formula is C8H12N2OS. The molecule has 1 rings (SSSR count). The molecule has 0 amide bonds. The van der Waals surface area contributed by atoms with Gasteiger partial charge in [0.15, 0.2) is 0 Å². The van der Waals surface area contributed by atoms with E-state index in [0.29, 0.717) is 6.42 Å². The van der Waals surface area contributed by atoms with E-state index >= 15 is 0 Å². The van der Waals surface area contributed by atoms with Gasteiger partial charge in [-0.25, -0.2) is 0 Å². The molecule has 0 saturated heterocycles. The fraction of sp³-hybridized carbons (Fsp3) is 0.500. The quantitative estimate of drug-likeness (QED) is 0.727. The topological polar surface area (TPSA) is 46.0 Å². The Morgan fingerprint density at radius 1 is 1.83 bits per heavy atom. The molecule has 0 bridgehead atoms. The molecule has 0 spiro atoms. The van der Waals surface area contributed by atoms with E-state index in [1.54, 1.807) is 6.20 Å². The second-order valence-corrected chi connectivity index (χ2v) is 3.65. The van der Waals surface area contributed by atoms with E-state index in [-0.39, 0.29) is 0 Å². The first-order valence-electron chi connectivity index (χ1n) is 3.80. The lowest BCUT2D eigenvalue weighted by Crippen LogP contribution is -1.94. The molecule has 0 fully saturated rings. The fourth-order valence-corrected chi connectivity index (χ4v) is 1.37. The van der Waals surface area contributed by atoms with Gasteiger partial charge < -0.3 is 5.11 Å². The molecule has 0 aromatic carbocycles. The lowest BCUT2D eigenvalue weighted by atomic mass is 10.1. The van der Waals surface area contributed by atoms with Crippen LogP contribution in [0.2, 0.25) is 0 Å². The Morgan fingerprint density at radius 2 is 2.58 bits per heavy atom. The molecular weight excluding hydrogens is 172 g/mol. The summed E-state index contributed by atoms with van der Waals surface area (Å²) in [6.07, 6.45) is 2.73. The summed E-state index contributed by atoms with van der Waals surface area (Å²) < 4.78 is 3.68. The number of hydrogen-bond acceptors (Lipinski definition) is 4. The van der Waals surface area contributed by atoms with E-state index in [2.05, 4.69) is 16.2 Å².